The lowest BCUT2D eigenvalue weighted by Gasteiger charge is -2.25. The molecule has 2 fully saturated rings. The highest BCUT2D eigenvalue weighted by atomic mass is 16.5. The third-order valence-electron chi connectivity index (χ3n) is 3.10. The van der Waals surface area contributed by atoms with Gasteiger partial charge in [0.05, 0.1) is 12.2 Å². The zero-order valence-electron chi connectivity index (χ0n) is 6.99. The number of hydrogen-bond acceptors (Lipinski definition) is 2. The molecular weight excluding hydrogens is 140 g/mol. The van der Waals surface area contributed by atoms with Crippen molar-refractivity contribution in [2.24, 2.45) is 11.8 Å². The van der Waals surface area contributed by atoms with Crippen molar-refractivity contribution in [1.29, 1.82) is 0 Å². The number of rotatable bonds is 2. The monoisotopic (exact) mass is 156 g/mol. The smallest absolute Gasteiger partial charge is 0.0630 e. The van der Waals surface area contributed by atoms with Crippen LogP contribution < -0.4 is 0 Å². The highest BCUT2D eigenvalue weighted by molar-refractivity contribution is 4.96. The van der Waals surface area contributed by atoms with Crippen LogP contribution in [0, 0.1) is 11.8 Å². The van der Waals surface area contributed by atoms with Crippen molar-refractivity contribution < 1.29 is 9.84 Å². The molecule has 2 aliphatic carbocycles. The summed E-state index contributed by atoms with van der Waals surface area (Å²) in [4.78, 5) is 0. The Labute approximate surface area is 67.6 Å². The normalized spacial score (nSPS) is 48.5. The van der Waals surface area contributed by atoms with Gasteiger partial charge in [0.15, 0.2) is 0 Å². The minimum absolute atomic E-state index is 0.0645. The maximum absolute atomic E-state index is 9.54. The van der Waals surface area contributed by atoms with Gasteiger partial charge in [0, 0.05) is 12.5 Å². The van der Waals surface area contributed by atoms with E-state index in [1.807, 2.05) is 6.92 Å². The van der Waals surface area contributed by atoms with Crippen molar-refractivity contribution in [3.8, 4) is 0 Å². The van der Waals surface area contributed by atoms with Crippen molar-refractivity contribution >= 4 is 0 Å². The molecule has 64 valence electrons. The maximum atomic E-state index is 9.54. The summed E-state index contributed by atoms with van der Waals surface area (Å²) < 4.78 is 5.55. The SMILES string of the molecule is CCOC1CC2CC(O)C1C2. The number of hydrogen-bond donors (Lipinski definition) is 1. The van der Waals surface area contributed by atoms with Crippen LogP contribution in [0.15, 0.2) is 0 Å². The Balaban J connectivity index is 1.96. The fourth-order valence-electron chi connectivity index (χ4n) is 2.66. The summed E-state index contributed by atoms with van der Waals surface area (Å²) in [6.07, 6.45) is 3.72. The van der Waals surface area contributed by atoms with Gasteiger partial charge in [-0.25, -0.2) is 0 Å². The first-order valence-corrected chi connectivity index (χ1v) is 4.61. The van der Waals surface area contributed by atoms with Crippen molar-refractivity contribution in [2.75, 3.05) is 6.61 Å². The van der Waals surface area contributed by atoms with Crippen molar-refractivity contribution in [2.45, 2.75) is 38.4 Å². The van der Waals surface area contributed by atoms with Gasteiger partial charge < -0.3 is 9.84 Å². The Morgan fingerprint density at radius 2 is 2.18 bits per heavy atom. The molecule has 4 unspecified atom stereocenters. The average molecular weight is 156 g/mol. The largest absolute Gasteiger partial charge is 0.393 e. The average Bonchev–Trinajstić information content (AvgIpc) is 2.46. The molecule has 0 saturated heterocycles. The first-order chi connectivity index (χ1) is 5.31. The van der Waals surface area contributed by atoms with Crippen LogP contribution in [0.5, 0.6) is 0 Å². The lowest BCUT2D eigenvalue weighted by molar-refractivity contribution is -0.0262. The Hall–Kier alpha value is -0.0800. The van der Waals surface area contributed by atoms with Gasteiger partial charge in [-0.15, -0.1) is 0 Å². The van der Waals surface area contributed by atoms with Gasteiger partial charge >= 0.3 is 0 Å². The molecule has 2 saturated carbocycles. The Morgan fingerprint density at radius 1 is 1.36 bits per heavy atom. The second-order valence-electron chi connectivity index (χ2n) is 3.80. The standard InChI is InChI=1S/C9H16O2/c1-2-11-9-5-6-3-7(9)8(10)4-6/h6-10H,2-5H2,1H3. The number of ether oxygens (including phenoxy) is 1. The third-order valence-corrected chi connectivity index (χ3v) is 3.10. The predicted molar refractivity (Wildman–Crippen MR) is 42.3 cm³/mol. The zero-order valence-corrected chi connectivity index (χ0v) is 6.99. The number of aliphatic hydroxyl groups is 1. The lowest BCUT2D eigenvalue weighted by Crippen LogP contribution is -2.30. The lowest BCUT2D eigenvalue weighted by atomic mass is 9.95. The van der Waals surface area contributed by atoms with Crippen LogP contribution in [0.1, 0.15) is 26.2 Å². The fourth-order valence-corrected chi connectivity index (χ4v) is 2.66. The van der Waals surface area contributed by atoms with E-state index in [1.54, 1.807) is 0 Å². The molecule has 11 heavy (non-hydrogen) atoms. The van der Waals surface area contributed by atoms with E-state index in [-0.39, 0.29) is 6.10 Å². The Bertz CT molecular complexity index is 146. The summed E-state index contributed by atoms with van der Waals surface area (Å²) in [7, 11) is 0. The zero-order chi connectivity index (χ0) is 7.84. The molecule has 1 N–H and O–H groups in total. The minimum atomic E-state index is -0.0645. The van der Waals surface area contributed by atoms with E-state index in [2.05, 4.69) is 0 Å². The highest BCUT2D eigenvalue weighted by Crippen LogP contribution is 2.45. The van der Waals surface area contributed by atoms with Crippen LogP contribution in [0.3, 0.4) is 0 Å². The van der Waals surface area contributed by atoms with Crippen LogP contribution in [-0.4, -0.2) is 23.9 Å². The Kier molecular flexibility index (Phi) is 1.90. The van der Waals surface area contributed by atoms with E-state index in [0.29, 0.717) is 12.0 Å². The molecule has 0 spiro atoms. The molecule has 2 heteroatoms. The van der Waals surface area contributed by atoms with Gasteiger partial charge in [-0.1, -0.05) is 0 Å². The molecule has 2 rings (SSSR count). The van der Waals surface area contributed by atoms with E-state index in [4.69, 9.17) is 4.74 Å². The highest BCUT2D eigenvalue weighted by Gasteiger charge is 2.45. The molecule has 0 radical (unpaired) electrons. The molecule has 4 atom stereocenters. The molecule has 0 aromatic rings. The molecular formula is C9H16O2. The number of fused-ring (bicyclic) bond motifs is 2. The van der Waals surface area contributed by atoms with Crippen LogP contribution in [0.25, 0.3) is 0 Å². The van der Waals surface area contributed by atoms with E-state index >= 15 is 0 Å². The maximum Gasteiger partial charge on any atom is 0.0630 e. The van der Waals surface area contributed by atoms with Crippen LogP contribution >= 0.6 is 0 Å². The molecule has 0 aromatic heterocycles. The van der Waals surface area contributed by atoms with Gasteiger partial charge in [0.2, 0.25) is 0 Å². The van der Waals surface area contributed by atoms with Gasteiger partial charge in [-0.2, -0.15) is 0 Å². The number of aliphatic hydroxyl groups excluding tert-OH is 1. The van der Waals surface area contributed by atoms with Crippen molar-refractivity contribution in [3.05, 3.63) is 0 Å². The van der Waals surface area contributed by atoms with Crippen molar-refractivity contribution in [1.82, 2.24) is 0 Å². The fraction of sp³-hybridized carbons (Fsp3) is 1.00. The Morgan fingerprint density at radius 3 is 2.73 bits per heavy atom. The first kappa shape index (κ1) is 7.56. The van der Waals surface area contributed by atoms with Crippen LogP contribution in [0.2, 0.25) is 0 Å². The molecule has 2 aliphatic rings. The summed E-state index contributed by atoms with van der Waals surface area (Å²) in [5.41, 5.74) is 0. The van der Waals surface area contributed by atoms with Crippen LogP contribution in [-0.2, 0) is 4.74 Å². The molecule has 0 heterocycles. The van der Waals surface area contributed by atoms with E-state index < -0.39 is 0 Å². The molecule has 2 nitrogen and oxygen atoms in total. The van der Waals surface area contributed by atoms with Gasteiger partial charge in [0.25, 0.3) is 0 Å². The second kappa shape index (κ2) is 2.76. The van der Waals surface area contributed by atoms with Gasteiger partial charge in [0.1, 0.15) is 0 Å². The topological polar surface area (TPSA) is 29.5 Å². The molecule has 2 bridgehead atoms. The summed E-state index contributed by atoms with van der Waals surface area (Å²) in [5, 5.41) is 9.54. The summed E-state index contributed by atoms with van der Waals surface area (Å²) >= 11 is 0. The van der Waals surface area contributed by atoms with E-state index in [1.165, 1.54) is 12.8 Å². The van der Waals surface area contributed by atoms with E-state index in [9.17, 15) is 5.11 Å². The predicted octanol–water partition coefficient (Wildman–Crippen LogP) is 1.18. The first-order valence-electron chi connectivity index (χ1n) is 4.61. The van der Waals surface area contributed by atoms with Crippen LogP contribution in [0.4, 0.5) is 0 Å². The second-order valence-corrected chi connectivity index (χ2v) is 3.80. The molecule has 0 aliphatic heterocycles. The molecule has 0 aromatic carbocycles. The van der Waals surface area contributed by atoms with Gasteiger partial charge in [-0.05, 0) is 32.1 Å². The third kappa shape index (κ3) is 1.18. The van der Waals surface area contributed by atoms with E-state index in [0.717, 1.165) is 18.9 Å². The van der Waals surface area contributed by atoms with Crippen molar-refractivity contribution in [3.63, 3.8) is 0 Å². The quantitative estimate of drug-likeness (QED) is 0.650. The summed E-state index contributed by atoms with van der Waals surface area (Å²) in [6, 6.07) is 0. The molecule has 0 amide bonds. The summed E-state index contributed by atoms with van der Waals surface area (Å²) in [6.45, 7) is 2.82. The minimum Gasteiger partial charge on any atom is -0.393 e. The van der Waals surface area contributed by atoms with Gasteiger partial charge in [-0.3, -0.25) is 0 Å². The summed E-state index contributed by atoms with van der Waals surface area (Å²) in [5.74, 6) is 1.21.